The summed E-state index contributed by atoms with van der Waals surface area (Å²) in [5, 5.41) is 0. The first-order valence-corrected chi connectivity index (χ1v) is 6.04. The SMILES string of the molecule is CSc1ccc(CN(C)CS)cc1. The summed E-state index contributed by atoms with van der Waals surface area (Å²) in [6.45, 7) is 0.970. The molecule has 13 heavy (non-hydrogen) atoms. The van der Waals surface area contributed by atoms with Crippen molar-refractivity contribution in [2.45, 2.75) is 11.4 Å². The van der Waals surface area contributed by atoms with Gasteiger partial charge >= 0.3 is 0 Å². The van der Waals surface area contributed by atoms with E-state index in [1.807, 2.05) is 0 Å². The molecule has 0 N–H and O–H groups in total. The molecule has 0 saturated carbocycles. The van der Waals surface area contributed by atoms with Gasteiger partial charge in [0.15, 0.2) is 0 Å². The second kappa shape index (κ2) is 5.58. The molecule has 0 aliphatic heterocycles. The lowest BCUT2D eigenvalue weighted by atomic mass is 10.2. The normalized spacial score (nSPS) is 10.8. The van der Waals surface area contributed by atoms with Crippen LogP contribution in [0.5, 0.6) is 0 Å². The van der Waals surface area contributed by atoms with Crippen molar-refractivity contribution in [3.05, 3.63) is 29.8 Å². The Morgan fingerprint density at radius 1 is 1.31 bits per heavy atom. The largest absolute Gasteiger partial charge is 0.293 e. The zero-order chi connectivity index (χ0) is 9.68. The topological polar surface area (TPSA) is 3.24 Å². The summed E-state index contributed by atoms with van der Waals surface area (Å²) < 4.78 is 0. The summed E-state index contributed by atoms with van der Waals surface area (Å²) in [7, 11) is 2.06. The van der Waals surface area contributed by atoms with Crippen molar-refractivity contribution in [2.75, 3.05) is 19.2 Å². The van der Waals surface area contributed by atoms with Gasteiger partial charge in [-0.2, -0.15) is 12.6 Å². The van der Waals surface area contributed by atoms with Crippen LogP contribution in [-0.2, 0) is 6.54 Å². The highest BCUT2D eigenvalue weighted by atomic mass is 32.2. The van der Waals surface area contributed by atoms with Crippen LogP contribution in [-0.4, -0.2) is 24.1 Å². The fraction of sp³-hybridized carbons (Fsp3) is 0.400. The molecular weight excluding hydrogens is 198 g/mol. The molecule has 1 aromatic carbocycles. The van der Waals surface area contributed by atoms with Crippen molar-refractivity contribution in [2.24, 2.45) is 0 Å². The minimum absolute atomic E-state index is 0.796. The van der Waals surface area contributed by atoms with Gasteiger partial charge in [0.2, 0.25) is 0 Å². The summed E-state index contributed by atoms with van der Waals surface area (Å²) in [5.74, 6) is 0.796. The van der Waals surface area contributed by atoms with Gasteiger partial charge in [0.05, 0.1) is 0 Å². The van der Waals surface area contributed by atoms with Crippen molar-refractivity contribution >= 4 is 24.4 Å². The first-order valence-electron chi connectivity index (χ1n) is 4.18. The van der Waals surface area contributed by atoms with E-state index in [4.69, 9.17) is 0 Å². The van der Waals surface area contributed by atoms with Crippen LogP contribution in [0, 0.1) is 0 Å². The maximum absolute atomic E-state index is 4.21. The lowest BCUT2D eigenvalue weighted by Gasteiger charge is -2.13. The quantitative estimate of drug-likeness (QED) is 0.465. The molecule has 0 aliphatic rings. The molecule has 0 fully saturated rings. The molecule has 0 spiro atoms. The third-order valence-electron chi connectivity index (χ3n) is 1.85. The summed E-state index contributed by atoms with van der Waals surface area (Å²) in [4.78, 5) is 3.48. The van der Waals surface area contributed by atoms with Crippen molar-refractivity contribution in [1.29, 1.82) is 0 Å². The lowest BCUT2D eigenvalue weighted by Crippen LogP contribution is -2.15. The number of nitrogens with zero attached hydrogens (tertiary/aromatic N) is 1. The number of rotatable bonds is 4. The van der Waals surface area contributed by atoms with Gasteiger partial charge in [0.1, 0.15) is 0 Å². The van der Waals surface area contributed by atoms with E-state index in [-0.39, 0.29) is 0 Å². The Labute approximate surface area is 89.9 Å². The van der Waals surface area contributed by atoms with E-state index in [1.165, 1.54) is 10.5 Å². The Bertz CT molecular complexity index is 246. The second-order valence-electron chi connectivity index (χ2n) is 3.00. The van der Waals surface area contributed by atoms with Crippen molar-refractivity contribution in [1.82, 2.24) is 4.90 Å². The van der Waals surface area contributed by atoms with Crippen LogP contribution in [0.25, 0.3) is 0 Å². The van der Waals surface area contributed by atoms with Crippen LogP contribution in [0.15, 0.2) is 29.2 Å². The Balaban J connectivity index is 2.58. The second-order valence-corrected chi connectivity index (χ2v) is 4.17. The zero-order valence-electron chi connectivity index (χ0n) is 8.03. The van der Waals surface area contributed by atoms with E-state index < -0.39 is 0 Å². The number of hydrogen-bond acceptors (Lipinski definition) is 3. The third-order valence-corrected chi connectivity index (χ3v) is 3.08. The molecule has 3 heteroatoms. The van der Waals surface area contributed by atoms with Gasteiger partial charge in [-0.1, -0.05) is 12.1 Å². The number of hydrogen-bond donors (Lipinski definition) is 1. The van der Waals surface area contributed by atoms with Crippen molar-refractivity contribution in [3.63, 3.8) is 0 Å². The number of thiol groups is 1. The van der Waals surface area contributed by atoms with Crippen LogP contribution in [0.1, 0.15) is 5.56 Å². The molecule has 1 nitrogen and oxygen atoms in total. The van der Waals surface area contributed by atoms with Crippen LogP contribution in [0.2, 0.25) is 0 Å². The fourth-order valence-corrected chi connectivity index (χ4v) is 1.60. The monoisotopic (exact) mass is 213 g/mol. The molecule has 0 aliphatic carbocycles. The Morgan fingerprint density at radius 2 is 1.92 bits per heavy atom. The molecular formula is C10H15NS2. The molecule has 0 unspecified atom stereocenters. The average Bonchev–Trinajstić information content (AvgIpc) is 2.19. The van der Waals surface area contributed by atoms with Gasteiger partial charge in [-0.05, 0) is 31.0 Å². The van der Waals surface area contributed by atoms with E-state index in [0.29, 0.717) is 0 Å². The minimum Gasteiger partial charge on any atom is -0.293 e. The van der Waals surface area contributed by atoms with Crippen LogP contribution in [0.3, 0.4) is 0 Å². The molecule has 0 atom stereocenters. The summed E-state index contributed by atoms with van der Waals surface area (Å²) in [6.07, 6.45) is 2.09. The van der Waals surface area contributed by atoms with E-state index >= 15 is 0 Å². The zero-order valence-corrected chi connectivity index (χ0v) is 9.74. The first kappa shape index (κ1) is 11.0. The summed E-state index contributed by atoms with van der Waals surface area (Å²) in [6, 6.07) is 8.66. The average molecular weight is 213 g/mol. The van der Waals surface area contributed by atoms with Gasteiger partial charge in [-0.3, -0.25) is 4.90 Å². The molecule has 0 amide bonds. The van der Waals surface area contributed by atoms with Gasteiger partial charge < -0.3 is 0 Å². The predicted octanol–water partition coefficient (Wildman–Crippen LogP) is 2.73. The Kier molecular flexibility index (Phi) is 4.70. The molecule has 0 radical (unpaired) electrons. The highest BCUT2D eigenvalue weighted by Gasteiger charge is 1.97. The standard InChI is InChI=1S/C10H15NS2/c1-11(8-12)7-9-3-5-10(13-2)6-4-9/h3-6,12H,7-8H2,1-2H3. The maximum Gasteiger partial charge on any atom is 0.0414 e. The van der Waals surface area contributed by atoms with Gasteiger partial charge in [0, 0.05) is 17.3 Å². The third kappa shape index (κ3) is 3.63. The molecule has 1 rings (SSSR count). The summed E-state index contributed by atoms with van der Waals surface area (Å²) >= 11 is 5.98. The van der Waals surface area contributed by atoms with Gasteiger partial charge in [-0.25, -0.2) is 0 Å². The predicted molar refractivity (Wildman–Crippen MR) is 63.5 cm³/mol. The van der Waals surface area contributed by atoms with Crippen molar-refractivity contribution in [3.8, 4) is 0 Å². The number of benzene rings is 1. The maximum atomic E-state index is 4.21. The van der Waals surface area contributed by atoms with E-state index in [9.17, 15) is 0 Å². The fourth-order valence-electron chi connectivity index (χ4n) is 1.09. The molecule has 0 aromatic heterocycles. The molecule has 0 heterocycles. The van der Waals surface area contributed by atoms with Crippen molar-refractivity contribution < 1.29 is 0 Å². The Morgan fingerprint density at radius 3 is 2.38 bits per heavy atom. The van der Waals surface area contributed by atoms with Crippen LogP contribution >= 0.6 is 24.4 Å². The minimum atomic E-state index is 0.796. The van der Waals surface area contributed by atoms with Crippen LogP contribution in [0.4, 0.5) is 0 Å². The Hall–Kier alpha value is -0.120. The lowest BCUT2D eigenvalue weighted by molar-refractivity contribution is 0.387. The highest BCUT2D eigenvalue weighted by molar-refractivity contribution is 7.98. The smallest absolute Gasteiger partial charge is 0.0414 e. The van der Waals surface area contributed by atoms with Gasteiger partial charge in [0.25, 0.3) is 0 Å². The number of thioether (sulfide) groups is 1. The highest BCUT2D eigenvalue weighted by Crippen LogP contribution is 2.15. The van der Waals surface area contributed by atoms with Gasteiger partial charge in [-0.15, -0.1) is 11.8 Å². The van der Waals surface area contributed by atoms with E-state index in [1.54, 1.807) is 11.8 Å². The van der Waals surface area contributed by atoms with Crippen LogP contribution < -0.4 is 0 Å². The first-order chi connectivity index (χ1) is 6.26. The molecule has 1 aromatic rings. The molecule has 0 bridgehead atoms. The van der Waals surface area contributed by atoms with E-state index in [0.717, 1.165) is 12.4 Å². The molecule has 72 valence electrons. The summed E-state index contributed by atoms with van der Waals surface area (Å²) in [5.41, 5.74) is 1.34. The molecule has 0 saturated heterocycles. The van der Waals surface area contributed by atoms with E-state index in [2.05, 4.69) is 55.1 Å².